The molecule has 0 fully saturated rings. The second kappa shape index (κ2) is 7.32. The topological polar surface area (TPSA) is 45.0 Å². The van der Waals surface area contributed by atoms with Gasteiger partial charge >= 0.3 is 0 Å². The molecule has 0 radical (unpaired) electrons. The fourth-order valence-electron chi connectivity index (χ4n) is 3.57. The van der Waals surface area contributed by atoms with Gasteiger partial charge in [0.05, 0.1) is 0 Å². The van der Waals surface area contributed by atoms with Crippen molar-refractivity contribution in [2.45, 2.75) is 33.1 Å². The van der Waals surface area contributed by atoms with E-state index >= 15 is 0 Å². The molecule has 0 aliphatic carbocycles. The van der Waals surface area contributed by atoms with E-state index in [9.17, 15) is 0 Å². The lowest BCUT2D eigenvalue weighted by molar-refractivity contribution is 0.748. The molecule has 1 aromatic heterocycles. The fourth-order valence-corrected chi connectivity index (χ4v) is 3.57. The Morgan fingerprint density at radius 2 is 1.76 bits per heavy atom. The van der Waals surface area contributed by atoms with E-state index in [0.29, 0.717) is 0 Å². The van der Waals surface area contributed by atoms with Gasteiger partial charge in [-0.25, -0.2) is 0 Å². The Morgan fingerprint density at radius 3 is 2.48 bits per heavy atom. The molecule has 132 valence electrons. The molecule has 3 N–H and O–H groups in total. The van der Waals surface area contributed by atoms with Crippen LogP contribution in [0.3, 0.4) is 0 Å². The van der Waals surface area contributed by atoms with Gasteiger partial charge in [-0.3, -0.25) is 0 Å². The van der Waals surface area contributed by atoms with Gasteiger partial charge in [0.15, 0.2) is 0 Å². The molecule has 0 atom stereocenters. The number of nitrogens with two attached hydrogens (primary N) is 1. The molecule has 0 amide bonds. The van der Waals surface area contributed by atoms with E-state index in [0.717, 1.165) is 25.8 Å². The van der Waals surface area contributed by atoms with Gasteiger partial charge in [-0.15, -0.1) is 0 Å². The van der Waals surface area contributed by atoms with E-state index in [4.69, 9.17) is 5.73 Å². The molecule has 3 rings (SSSR count). The predicted octanol–water partition coefficient (Wildman–Crippen LogP) is 4.80. The zero-order valence-corrected chi connectivity index (χ0v) is 15.8. The first-order valence-electron chi connectivity index (χ1n) is 9.11. The van der Waals surface area contributed by atoms with Crippen molar-refractivity contribution in [1.29, 1.82) is 0 Å². The number of aryl methyl sites for hydroxylation is 3. The number of fused-ring (bicyclic) bond motifs is 1. The number of unbranched alkanes of at least 4 members (excludes halogenated alkanes) is 1. The van der Waals surface area contributed by atoms with Crippen molar-refractivity contribution >= 4 is 16.6 Å². The summed E-state index contributed by atoms with van der Waals surface area (Å²) in [6.07, 6.45) is 3.24. The molecule has 2 aromatic carbocycles. The Balaban J connectivity index is 2.19. The number of anilines is 1. The molecule has 0 saturated heterocycles. The lowest BCUT2D eigenvalue weighted by atomic mass is 9.97. The minimum Gasteiger partial charge on any atom is -0.378 e. The Kier molecular flexibility index (Phi) is 5.14. The number of hydrogen-bond acceptors (Lipinski definition) is 2. The van der Waals surface area contributed by atoms with Crippen molar-refractivity contribution in [1.82, 2.24) is 4.98 Å². The summed E-state index contributed by atoms with van der Waals surface area (Å²) in [7, 11) is 4.17. The van der Waals surface area contributed by atoms with E-state index < -0.39 is 0 Å². The summed E-state index contributed by atoms with van der Waals surface area (Å²) in [6, 6.07) is 13.2. The number of benzene rings is 2. The fraction of sp³-hybridized carbons (Fsp3) is 0.364. The minimum atomic E-state index is 0.756. The van der Waals surface area contributed by atoms with E-state index in [-0.39, 0.29) is 0 Å². The van der Waals surface area contributed by atoms with Crippen molar-refractivity contribution < 1.29 is 0 Å². The van der Waals surface area contributed by atoms with Crippen molar-refractivity contribution in [3.8, 4) is 11.3 Å². The van der Waals surface area contributed by atoms with Crippen LogP contribution in [0.2, 0.25) is 0 Å². The average Bonchev–Trinajstić information content (AvgIpc) is 2.99. The maximum atomic E-state index is 5.72. The zero-order chi connectivity index (χ0) is 18.0. The molecule has 0 spiro atoms. The van der Waals surface area contributed by atoms with Crippen LogP contribution in [0.25, 0.3) is 22.2 Å². The third kappa shape index (κ3) is 3.42. The summed E-state index contributed by atoms with van der Waals surface area (Å²) in [4.78, 5) is 5.88. The normalized spacial score (nSPS) is 11.2. The number of H-pyrrole nitrogens is 1. The van der Waals surface area contributed by atoms with Gasteiger partial charge in [0.25, 0.3) is 0 Å². The summed E-state index contributed by atoms with van der Waals surface area (Å²) in [6.45, 7) is 5.15. The monoisotopic (exact) mass is 335 g/mol. The maximum absolute atomic E-state index is 5.72. The third-order valence-corrected chi connectivity index (χ3v) is 5.01. The van der Waals surface area contributed by atoms with Gasteiger partial charge in [0, 0.05) is 41.9 Å². The first kappa shape index (κ1) is 17.6. The second-order valence-corrected chi connectivity index (χ2v) is 7.12. The lowest BCUT2D eigenvalue weighted by Gasteiger charge is -2.14. The molecule has 3 heteroatoms. The molecule has 1 heterocycles. The molecule has 0 aliphatic rings. The van der Waals surface area contributed by atoms with E-state index in [1.54, 1.807) is 0 Å². The Bertz CT molecular complexity index is 874. The number of aromatic nitrogens is 1. The van der Waals surface area contributed by atoms with Gasteiger partial charge in [0.2, 0.25) is 0 Å². The maximum Gasteiger partial charge on any atom is 0.0498 e. The van der Waals surface area contributed by atoms with Crippen LogP contribution in [0, 0.1) is 13.8 Å². The first-order chi connectivity index (χ1) is 12.0. The average molecular weight is 335 g/mol. The van der Waals surface area contributed by atoms with Crippen LogP contribution in [0.4, 0.5) is 5.69 Å². The predicted molar refractivity (Wildman–Crippen MR) is 110 cm³/mol. The van der Waals surface area contributed by atoms with Crippen LogP contribution >= 0.6 is 0 Å². The highest BCUT2D eigenvalue weighted by Gasteiger charge is 2.16. The standard InChI is InChI=1S/C22H29N3/c1-15-11-12-16(2)21-20(15)19(10-5-6-13-23)22(24-21)17-8-7-9-18(14-17)25(3)4/h7-9,11-12,14,24H,5-6,10,13,23H2,1-4H3. The molecular weight excluding hydrogens is 306 g/mol. The van der Waals surface area contributed by atoms with Crippen molar-refractivity contribution in [2.75, 3.05) is 25.5 Å². The number of nitrogens with one attached hydrogen (secondary N) is 1. The van der Waals surface area contributed by atoms with E-state index in [2.05, 4.69) is 74.2 Å². The number of hydrogen-bond donors (Lipinski definition) is 2. The SMILES string of the molecule is Cc1ccc(C)c2c(CCCCN)c(-c3cccc(N(C)C)c3)[nH]c12. The zero-order valence-electron chi connectivity index (χ0n) is 15.8. The van der Waals surface area contributed by atoms with Crippen LogP contribution in [0.5, 0.6) is 0 Å². The van der Waals surface area contributed by atoms with Gasteiger partial charge < -0.3 is 15.6 Å². The van der Waals surface area contributed by atoms with Crippen LogP contribution in [0.1, 0.15) is 29.5 Å². The van der Waals surface area contributed by atoms with Gasteiger partial charge in [-0.1, -0.05) is 24.3 Å². The Hall–Kier alpha value is -2.26. The Morgan fingerprint density at radius 1 is 1.00 bits per heavy atom. The molecule has 0 aliphatic heterocycles. The molecule has 0 bridgehead atoms. The highest BCUT2D eigenvalue weighted by Crippen LogP contribution is 2.36. The summed E-state index contributed by atoms with van der Waals surface area (Å²) in [5, 5.41) is 1.39. The second-order valence-electron chi connectivity index (χ2n) is 7.12. The van der Waals surface area contributed by atoms with Gasteiger partial charge in [-0.05, 0) is 68.5 Å². The largest absolute Gasteiger partial charge is 0.378 e. The highest BCUT2D eigenvalue weighted by atomic mass is 15.1. The molecule has 25 heavy (non-hydrogen) atoms. The van der Waals surface area contributed by atoms with E-state index in [1.807, 2.05) is 0 Å². The van der Waals surface area contributed by atoms with E-state index in [1.165, 1.54) is 44.5 Å². The summed E-state index contributed by atoms with van der Waals surface area (Å²) < 4.78 is 0. The highest BCUT2D eigenvalue weighted by molar-refractivity contribution is 5.95. The molecular formula is C22H29N3. The van der Waals surface area contributed by atoms with Gasteiger partial charge in [0.1, 0.15) is 0 Å². The smallest absolute Gasteiger partial charge is 0.0498 e. The quantitative estimate of drug-likeness (QED) is 0.636. The first-order valence-corrected chi connectivity index (χ1v) is 9.11. The third-order valence-electron chi connectivity index (χ3n) is 5.01. The molecule has 0 unspecified atom stereocenters. The summed E-state index contributed by atoms with van der Waals surface area (Å²) in [5.74, 6) is 0. The summed E-state index contributed by atoms with van der Waals surface area (Å²) in [5.41, 5.74) is 14.8. The number of aromatic amines is 1. The minimum absolute atomic E-state index is 0.756. The Labute approximate surface area is 150 Å². The van der Waals surface area contributed by atoms with Crippen LogP contribution < -0.4 is 10.6 Å². The number of rotatable bonds is 6. The molecule has 3 aromatic rings. The summed E-state index contributed by atoms with van der Waals surface area (Å²) >= 11 is 0. The van der Waals surface area contributed by atoms with Crippen LogP contribution in [-0.2, 0) is 6.42 Å². The molecule has 0 saturated carbocycles. The van der Waals surface area contributed by atoms with Gasteiger partial charge in [-0.2, -0.15) is 0 Å². The van der Waals surface area contributed by atoms with Crippen molar-refractivity contribution in [3.63, 3.8) is 0 Å². The number of nitrogens with zero attached hydrogens (tertiary/aromatic N) is 1. The van der Waals surface area contributed by atoms with Crippen molar-refractivity contribution in [2.24, 2.45) is 5.73 Å². The van der Waals surface area contributed by atoms with Crippen LogP contribution in [0.15, 0.2) is 36.4 Å². The lowest BCUT2D eigenvalue weighted by Crippen LogP contribution is -2.08. The molecule has 3 nitrogen and oxygen atoms in total. The van der Waals surface area contributed by atoms with Crippen molar-refractivity contribution in [3.05, 3.63) is 53.1 Å². The van der Waals surface area contributed by atoms with Crippen LogP contribution in [-0.4, -0.2) is 25.6 Å².